The maximum atomic E-state index is 5.22. The molecule has 0 fully saturated rings. The Morgan fingerprint density at radius 2 is 1.60 bits per heavy atom. The highest BCUT2D eigenvalue weighted by Crippen LogP contribution is 1.89. The molecule has 0 unspecified atom stereocenters. The predicted molar refractivity (Wildman–Crippen MR) is 34.6 cm³/mol. The summed E-state index contributed by atoms with van der Waals surface area (Å²) in [5.41, 5.74) is 0. The molecule has 0 bridgehead atoms. The quantitative estimate of drug-likeness (QED) is 0.301. The number of hydrogen-bond donors (Lipinski definition) is 1. The van der Waals surface area contributed by atoms with E-state index in [1.54, 1.807) is 0 Å². The molecule has 3 heteroatoms. The van der Waals surface area contributed by atoms with Crippen LogP contribution in [0.1, 0.15) is 0 Å². The molecule has 0 saturated heterocycles. The van der Waals surface area contributed by atoms with E-state index < -0.39 is 9.24 Å². The van der Waals surface area contributed by atoms with Gasteiger partial charge in [0.1, 0.15) is 0 Å². The average molecular weight is 89.0 g/mol. The van der Waals surface area contributed by atoms with E-state index in [-0.39, 0.29) is 0 Å². The fourth-order valence-electron chi connectivity index (χ4n) is 0. The van der Waals surface area contributed by atoms with Crippen LogP contribution in [-0.2, 0) is 0 Å². The summed E-state index contributed by atoms with van der Waals surface area (Å²) in [6, 6.07) is 0. The molecule has 0 spiro atoms. The maximum Gasteiger partial charge on any atom is 0.178 e. The molecule has 0 rings (SSSR count). The summed E-state index contributed by atoms with van der Waals surface area (Å²) in [4.78, 5) is 0. The Hall–Kier alpha value is 0.115. The van der Waals surface area contributed by atoms with Crippen LogP contribution in [0.3, 0.4) is 0 Å². The molecule has 0 heterocycles. The molecular formula is C2H8BNS. The fraction of sp³-hybridized carbons (Fsp3) is 0. The topological polar surface area (TPSA) is 26.0 Å². The van der Waals surface area contributed by atoms with Gasteiger partial charge in [0.25, 0.3) is 0 Å². The third-order valence-corrected chi connectivity index (χ3v) is 0. The second kappa shape index (κ2) is 1.07. The first-order valence-corrected chi connectivity index (χ1v) is 3.66. The lowest BCUT2D eigenvalue weighted by Gasteiger charge is -1.88. The first-order chi connectivity index (χ1) is 2.00. The summed E-state index contributed by atoms with van der Waals surface area (Å²) in [5.74, 6) is 7.04. The van der Waals surface area contributed by atoms with Gasteiger partial charge in [-0.2, -0.15) is 0 Å². The van der Waals surface area contributed by atoms with Crippen molar-refractivity contribution < 1.29 is 0 Å². The van der Waals surface area contributed by atoms with Crippen molar-refractivity contribution in [3.05, 3.63) is 0 Å². The lowest BCUT2D eigenvalue weighted by molar-refractivity contribution is 2.06. The Morgan fingerprint density at radius 1 is 1.60 bits per heavy atom. The van der Waals surface area contributed by atoms with E-state index in [4.69, 9.17) is 5.14 Å². The molecule has 1 nitrogen and oxygen atoms in total. The number of hydrogen-bond acceptors (Lipinski definition) is 1. The molecule has 0 amide bonds. The lowest BCUT2D eigenvalue weighted by atomic mass is 10.8. The van der Waals surface area contributed by atoms with Gasteiger partial charge in [-0.15, -0.1) is 0 Å². The van der Waals surface area contributed by atoms with Crippen molar-refractivity contribution in [3.8, 4) is 0 Å². The molecule has 0 aliphatic heterocycles. The van der Waals surface area contributed by atoms with Crippen LogP contribution >= 0.6 is 9.24 Å². The Labute approximate surface area is 34.1 Å². The maximum absolute atomic E-state index is 5.22. The van der Waals surface area contributed by atoms with Gasteiger partial charge in [-0.1, -0.05) is 11.7 Å². The van der Waals surface area contributed by atoms with Gasteiger partial charge in [-0.25, -0.2) is 9.24 Å². The molecule has 0 aliphatic carbocycles. The second-order valence-corrected chi connectivity index (χ2v) is 4.05. The van der Waals surface area contributed by atoms with Gasteiger partial charge >= 0.3 is 0 Å². The van der Waals surface area contributed by atoms with Crippen molar-refractivity contribution in [2.75, 3.05) is 0 Å². The molecule has 0 aromatic rings. The van der Waals surface area contributed by atoms with Gasteiger partial charge in [-0.05, 0) is 0 Å². The first-order valence-electron chi connectivity index (χ1n) is 1.22. The highest BCUT2D eigenvalue weighted by atomic mass is 32.2. The minimum atomic E-state index is -1.17. The summed E-state index contributed by atoms with van der Waals surface area (Å²) in [6.07, 6.45) is 0. The largest absolute Gasteiger partial charge is 0.298 e. The summed E-state index contributed by atoms with van der Waals surface area (Å²) in [5, 5.41) is 5.22. The molecule has 5 heavy (non-hydrogen) atoms. The summed E-state index contributed by atoms with van der Waals surface area (Å²) >= 11 is 0. The van der Waals surface area contributed by atoms with Crippen molar-refractivity contribution in [2.24, 2.45) is 5.14 Å². The van der Waals surface area contributed by atoms with E-state index in [1.807, 2.05) is 7.12 Å². The average Bonchev–Trinajstić information content (AvgIpc) is 0.722. The van der Waals surface area contributed by atoms with Crippen LogP contribution in [-0.4, -0.2) is 18.9 Å². The molecule has 0 atom stereocenters. The third kappa shape index (κ3) is 1390. The standard InChI is InChI=1S/C2H8BNS/c1-5(2,3)4/h1-4H2. The van der Waals surface area contributed by atoms with Crippen molar-refractivity contribution in [1.29, 1.82) is 0 Å². The Bertz CT molecular complexity index is 92.8. The van der Waals surface area contributed by atoms with Gasteiger partial charge in [0.2, 0.25) is 0 Å². The molecule has 0 radical (unpaired) electrons. The minimum Gasteiger partial charge on any atom is -0.298 e. The zero-order valence-electron chi connectivity index (χ0n) is 3.40. The monoisotopic (exact) mass is 89.0 g/mol. The zero-order chi connectivity index (χ0) is 4.50. The van der Waals surface area contributed by atoms with E-state index >= 15 is 0 Å². The molecule has 0 aromatic carbocycles. The summed E-state index contributed by atoms with van der Waals surface area (Å²) < 4.78 is 0. The smallest absolute Gasteiger partial charge is 0.178 e. The van der Waals surface area contributed by atoms with E-state index in [0.29, 0.717) is 0 Å². The molecule has 0 aromatic heterocycles. The Balaban J connectivity index is 4.06. The van der Waals surface area contributed by atoms with E-state index in [1.165, 1.54) is 0 Å². The molecule has 30 valence electrons. The SMILES string of the molecule is BS(=C)(=C)N. The first kappa shape index (κ1) is 5.11. The van der Waals surface area contributed by atoms with Gasteiger partial charge in [0, 0.05) is 0 Å². The normalized spacial score (nSPS) is 11.4. The second-order valence-electron chi connectivity index (χ2n) is 1.35. The molecular weight excluding hydrogens is 80.9 g/mol. The predicted octanol–water partition coefficient (Wildman–Crippen LogP) is -0.923. The van der Waals surface area contributed by atoms with Crippen molar-refractivity contribution in [2.45, 2.75) is 0 Å². The van der Waals surface area contributed by atoms with Crippen LogP contribution in [0.2, 0.25) is 0 Å². The van der Waals surface area contributed by atoms with Crippen LogP contribution in [0.4, 0.5) is 0 Å². The van der Waals surface area contributed by atoms with Crippen LogP contribution in [0.15, 0.2) is 0 Å². The Kier molecular flexibility index (Phi) is 1.09. The van der Waals surface area contributed by atoms with Crippen LogP contribution in [0.25, 0.3) is 0 Å². The van der Waals surface area contributed by atoms with E-state index in [9.17, 15) is 0 Å². The van der Waals surface area contributed by atoms with Crippen LogP contribution in [0.5, 0.6) is 0 Å². The van der Waals surface area contributed by atoms with Gasteiger partial charge in [-0.3, -0.25) is 5.14 Å². The fourth-order valence-corrected chi connectivity index (χ4v) is 0. The molecule has 0 saturated carbocycles. The van der Waals surface area contributed by atoms with Crippen molar-refractivity contribution >= 4 is 28.1 Å². The zero-order valence-corrected chi connectivity index (χ0v) is 4.22. The molecule has 0 aliphatic rings. The van der Waals surface area contributed by atoms with Crippen molar-refractivity contribution in [3.63, 3.8) is 0 Å². The summed E-state index contributed by atoms with van der Waals surface area (Å²) in [6.45, 7) is 0. The number of nitrogens with two attached hydrogens (primary N) is 1. The highest BCUT2D eigenvalue weighted by Gasteiger charge is 1.61. The van der Waals surface area contributed by atoms with Gasteiger partial charge in [0.15, 0.2) is 7.12 Å². The van der Waals surface area contributed by atoms with Gasteiger partial charge in [0.05, 0.1) is 0 Å². The van der Waals surface area contributed by atoms with E-state index in [2.05, 4.69) is 11.7 Å². The molecule has 2 N–H and O–H groups in total. The summed E-state index contributed by atoms with van der Waals surface area (Å²) in [7, 11) is 0.660. The third-order valence-electron chi connectivity index (χ3n) is 0. The van der Waals surface area contributed by atoms with Crippen molar-refractivity contribution in [1.82, 2.24) is 0 Å². The minimum absolute atomic E-state index is 1.17. The van der Waals surface area contributed by atoms with Gasteiger partial charge < -0.3 is 0 Å². The van der Waals surface area contributed by atoms with Crippen LogP contribution in [0, 0.1) is 0 Å². The number of rotatable bonds is 0. The Morgan fingerprint density at radius 3 is 1.60 bits per heavy atom. The van der Waals surface area contributed by atoms with Crippen LogP contribution < -0.4 is 5.14 Å². The highest BCUT2D eigenvalue weighted by molar-refractivity contribution is 8.42. The van der Waals surface area contributed by atoms with E-state index in [0.717, 1.165) is 0 Å². The lowest BCUT2D eigenvalue weighted by Crippen LogP contribution is -1.86.